The van der Waals surface area contributed by atoms with E-state index in [2.05, 4.69) is 15.9 Å². The van der Waals surface area contributed by atoms with E-state index in [4.69, 9.17) is 4.74 Å². The average Bonchev–Trinajstić information content (AvgIpc) is 2.42. The maximum Gasteiger partial charge on any atom is 0.253 e. The molecule has 0 bridgehead atoms. The van der Waals surface area contributed by atoms with Gasteiger partial charge in [0.1, 0.15) is 5.82 Å². The second-order valence-corrected chi connectivity index (χ2v) is 5.75. The Balaban J connectivity index is 1.99. The fourth-order valence-corrected chi connectivity index (χ4v) is 2.52. The van der Waals surface area contributed by atoms with Crippen LogP contribution in [0.3, 0.4) is 0 Å². The molecule has 1 saturated heterocycles. The normalized spacial score (nSPS) is 19.2. The number of carbonyl (C=O) groups excluding carboxylic acids is 1. The summed E-state index contributed by atoms with van der Waals surface area (Å²) >= 11 is 3.08. The van der Waals surface area contributed by atoms with E-state index in [9.17, 15) is 9.18 Å². The predicted molar refractivity (Wildman–Crippen MR) is 74.6 cm³/mol. The molecule has 1 unspecified atom stereocenters. The first-order valence-electron chi connectivity index (χ1n) is 6.36. The maximum absolute atomic E-state index is 13.4. The fraction of sp³-hybridized carbons (Fsp3) is 0.500. The molecule has 1 fully saturated rings. The van der Waals surface area contributed by atoms with E-state index in [1.807, 2.05) is 0 Å². The van der Waals surface area contributed by atoms with Crippen LogP contribution in [0.5, 0.6) is 0 Å². The number of hydrogen-bond donors (Lipinski definition) is 0. The van der Waals surface area contributed by atoms with Crippen LogP contribution in [0, 0.1) is 11.7 Å². The van der Waals surface area contributed by atoms with Crippen molar-refractivity contribution in [1.82, 2.24) is 4.90 Å². The molecule has 1 atom stereocenters. The molecule has 0 aromatic heterocycles. The number of carbonyl (C=O) groups is 1. The Hall–Kier alpha value is -0.940. The fourth-order valence-electron chi connectivity index (χ4n) is 2.27. The molecule has 104 valence electrons. The number of ether oxygens (including phenoxy) is 1. The quantitative estimate of drug-likeness (QED) is 0.852. The zero-order valence-corrected chi connectivity index (χ0v) is 12.5. The summed E-state index contributed by atoms with van der Waals surface area (Å²) in [7, 11) is 1.75. The number of halogens is 2. The summed E-state index contributed by atoms with van der Waals surface area (Å²) in [6.45, 7) is 2.16. The predicted octanol–water partition coefficient (Wildman–Crippen LogP) is 3.09. The Morgan fingerprint density at radius 1 is 1.58 bits per heavy atom. The highest BCUT2D eigenvalue weighted by atomic mass is 79.9. The number of nitrogens with zero attached hydrogens (tertiary/aromatic N) is 1. The average molecular weight is 330 g/mol. The third kappa shape index (κ3) is 3.76. The van der Waals surface area contributed by atoms with Crippen molar-refractivity contribution in [3.05, 3.63) is 34.1 Å². The van der Waals surface area contributed by atoms with E-state index in [1.165, 1.54) is 6.07 Å². The molecular weight excluding hydrogens is 313 g/mol. The molecule has 1 aliphatic rings. The first-order chi connectivity index (χ1) is 9.08. The molecule has 0 saturated carbocycles. The third-order valence-electron chi connectivity index (χ3n) is 3.30. The van der Waals surface area contributed by atoms with Crippen molar-refractivity contribution < 1.29 is 13.9 Å². The highest BCUT2D eigenvalue weighted by Crippen LogP contribution is 2.19. The van der Waals surface area contributed by atoms with E-state index >= 15 is 0 Å². The van der Waals surface area contributed by atoms with Crippen molar-refractivity contribution in [2.75, 3.05) is 26.8 Å². The van der Waals surface area contributed by atoms with Crippen molar-refractivity contribution >= 4 is 21.8 Å². The molecule has 0 spiro atoms. The van der Waals surface area contributed by atoms with Crippen LogP contribution in [0.2, 0.25) is 0 Å². The molecule has 0 N–H and O–H groups in total. The lowest BCUT2D eigenvalue weighted by atomic mass is 10.0. The van der Waals surface area contributed by atoms with Gasteiger partial charge >= 0.3 is 0 Å². The number of amides is 1. The highest BCUT2D eigenvalue weighted by Gasteiger charge is 2.20. The van der Waals surface area contributed by atoms with Gasteiger partial charge < -0.3 is 9.64 Å². The van der Waals surface area contributed by atoms with Crippen LogP contribution in [0.1, 0.15) is 23.2 Å². The van der Waals surface area contributed by atoms with Gasteiger partial charge in [-0.15, -0.1) is 0 Å². The Labute approximate surface area is 120 Å². The number of benzene rings is 1. The zero-order chi connectivity index (χ0) is 13.8. The molecule has 1 heterocycles. The van der Waals surface area contributed by atoms with Gasteiger partial charge in [-0.3, -0.25) is 4.79 Å². The molecule has 1 aromatic rings. The Morgan fingerprint density at radius 2 is 2.37 bits per heavy atom. The van der Waals surface area contributed by atoms with Crippen LogP contribution < -0.4 is 0 Å². The van der Waals surface area contributed by atoms with Gasteiger partial charge in [-0.25, -0.2) is 4.39 Å². The van der Waals surface area contributed by atoms with Crippen molar-refractivity contribution in [3.63, 3.8) is 0 Å². The lowest BCUT2D eigenvalue weighted by molar-refractivity contribution is 0.0388. The van der Waals surface area contributed by atoms with Crippen molar-refractivity contribution in [3.8, 4) is 0 Å². The minimum absolute atomic E-state index is 0.156. The van der Waals surface area contributed by atoms with Crippen LogP contribution in [0.4, 0.5) is 4.39 Å². The molecular formula is C14H17BrFNO2. The van der Waals surface area contributed by atoms with Crippen LogP contribution in [0.25, 0.3) is 0 Å². The van der Waals surface area contributed by atoms with Crippen molar-refractivity contribution in [2.45, 2.75) is 12.8 Å². The standard InChI is InChI=1S/C14H17BrFNO2/c1-17(8-10-3-2-6-19-9-10)14(18)11-4-5-12(15)13(16)7-11/h4-5,7,10H,2-3,6,8-9H2,1H3. The van der Waals surface area contributed by atoms with Crippen molar-refractivity contribution in [2.24, 2.45) is 5.92 Å². The minimum atomic E-state index is -0.416. The van der Waals surface area contributed by atoms with E-state index in [1.54, 1.807) is 24.1 Å². The van der Waals surface area contributed by atoms with Crippen LogP contribution in [-0.2, 0) is 4.74 Å². The third-order valence-corrected chi connectivity index (χ3v) is 3.94. The first kappa shape index (κ1) is 14.5. The van der Waals surface area contributed by atoms with Crippen LogP contribution in [0.15, 0.2) is 22.7 Å². The molecule has 2 rings (SSSR count). The van der Waals surface area contributed by atoms with Gasteiger partial charge in [0.2, 0.25) is 0 Å². The summed E-state index contributed by atoms with van der Waals surface area (Å²) in [4.78, 5) is 13.8. The molecule has 19 heavy (non-hydrogen) atoms. The molecule has 0 radical (unpaired) electrons. The Kier molecular flexibility index (Phi) is 4.93. The van der Waals surface area contributed by atoms with E-state index in [0.29, 0.717) is 29.1 Å². The van der Waals surface area contributed by atoms with E-state index in [0.717, 1.165) is 19.4 Å². The summed E-state index contributed by atoms with van der Waals surface area (Å²) in [5, 5.41) is 0. The highest BCUT2D eigenvalue weighted by molar-refractivity contribution is 9.10. The molecule has 1 aromatic carbocycles. The Bertz CT molecular complexity index is 461. The Morgan fingerprint density at radius 3 is 3.00 bits per heavy atom. The van der Waals surface area contributed by atoms with Crippen LogP contribution >= 0.6 is 15.9 Å². The monoisotopic (exact) mass is 329 g/mol. The van der Waals surface area contributed by atoms with Gasteiger partial charge in [-0.05, 0) is 52.9 Å². The molecule has 0 aliphatic carbocycles. The van der Waals surface area contributed by atoms with Crippen LogP contribution in [-0.4, -0.2) is 37.6 Å². The minimum Gasteiger partial charge on any atom is -0.381 e. The summed E-state index contributed by atoms with van der Waals surface area (Å²) in [6, 6.07) is 4.45. The largest absolute Gasteiger partial charge is 0.381 e. The lowest BCUT2D eigenvalue weighted by Gasteiger charge is -2.27. The summed E-state index contributed by atoms with van der Waals surface area (Å²) in [6.07, 6.45) is 2.12. The summed E-state index contributed by atoms with van der Waals surface area (Å²) < 4.78 is 19.2. The molecule has 1 amide bonds. The van der Waals surface area contributed by atoms with Gasteiger partial charge in [0.15, 0.2) is 0 Å². The SMILES string of the molecule is CN(CC1CCCOC1)C(=O)c1ccc(Br)c(F)c1. The summed E-state index contributed by atoms with van der Waals surface area (Å²) in [5.41, 5.74) is 0.375. The smallest absolute Gasteiger partial charge is 0.253 e. The molecule has 3 nitrogen and oxygen atoms in total. The number of hydrogen-bond acceptors (Lipinski definition) is 2. The first-order valence-corrected chi connectivity index (χ1v) is 7.15. The van der Waals surface area contributed by atoms with Gasteiger partial charge in [-0.1, -0.05) is 0 Å². The van der Waals surface area contributed by atoms with Gasteiger partial charge in [0.25, 0.3) is 5.91 Å². The molecule has 5 heteroatoms. The lowest BCUT2D eigenvalue weighted by Crippen LogP contribution is -2.35. The summed E-state index contributed by atoms with van der Waals surface area (Å²) in [5.74, 6) is -0.194. The van der Waals surface area contributed by atoms with E-state index < -0.39 is 5.82 Å². The van der Waals surface area contributed by atoms with Crippen molar-refractivity contribution in [1.29, 1.82) is 0 Å². The van der Waals surface area contributed by atoms with Gasteiger partial charge in [0, 0.05) is 25.8 Å². The van der Waals surface area contributed by atoms with E-state index in [-0.39, 0.29) is 5.91 Å². The molecule has 1 aliphatic heterocycles. The maximum atomic E-state index is 13.4. The van der Waals surface area contributed by atoms with Gasteiger partial charge in [-0.2, -0.15) is 0 Å². The zero-order valence-electron chi connectivity index (χ0n) is 10.9. The second-order valence-electron chi connectivity index (χ2n) is 4.90. The topological polar surface area (TPSA) is 29.5 Å². The van der Waals surface area contributed by atoms with Gasteiger partial charge in [0.05, 0.1) is 11.1 Å². The second kappa shape index (κ2) is 6.48. The number of rotatable bonds is 3.